The third-order valence-electron chi connectivity index (χ3n) is 3.57. The quantitative estimate of drug-likeness (QED) is 0.876. The van der Waals surface area contributed by atoms with Crippen molar-refractivity contribution < 1.29 is 8.78 Å². The van der Waals surface area contributed by atoms with E-state index in [1.807, 2.05) is 6.07 Å². The first-order valence-corrected chi connectivity index (χ1v) is 7.78. The van der Waals surface area contributed by atoms with Gasteiger partial charge in [-0.05, 0) is 55.1 Å². The van der Waals surface area contributed by atoms with Crippen LogP contribution in [0.15, 0.2) is 24.3 Å². The van der Waals surface area contributed by atoms with Crippen molar-refractivity contribution in [3.63, 3.8) is 0 Å². The van der Waals surface area contributed by atoms with E-state index in [9.17, 15) is 8.78 Å². The van der Waals surface area contributed by atoms with E-state index in [1.54, 1.807) is 11.3 Å². The van der Waals surface area contributed by atoms with Crippen LogP contribution in [-0.2, 0) is 12.8 Å². The number of hydrogen-bond donors (Lipinski definition) is 1. The molecule has 1 aromatic carbocycles. The Kier molecular flexibility index (Phi) is 4.06. The summed E-state index contributed by atoms with van der Waals surface area (Å²) in [5.41, 5.74) is 1.96. The molecule has 20 heavy (non-hydrogen) atoms. The number of halogens is 3. The lowest BCUT2D eigenvalue weighted by atomic mass is 10.1. The van der Waals surface area contributed by atoms with Gasteiger partial charge < -0.3 is 5.32 Å². The summed E-state index contributed by atoms with van der Waals surface area (Å²) in [6, 6.07) is 5.99. The molecule has 1 aromatic heterocycles. The van der Waals surface area contributed by atoms with Gasteiger partial charge in [0.2, 0.25) is 0 Å². The van der Waals surface area contributed by atoms with E-state index in [1.165, 1.54) is 22.6 Å². The van der Waals surface area contributed by atoms with Crippen LogP contribution in [0.5, 0.6) is 0 Å². The SMILES string of the molecule is Fc1cc(F)cc(CCNC2CCc3sc(Cl)cc32)c1. The Labute approximate surface area is 125 Å². The van der Waals surface area contributed by atoms with Gasteiger partial charge in [0.05, 0.1) is 4.34 Å². The van der Waals surface area contributed by atoms with E-state index in [0.717, 1.165) is 23.2 Å². The molecule has 0 bridgehead atoms. The lowest BCUT2D eigenvalue weighted by Gasteiger charge is -2.12. The molecule has 0 saturated carbocycles. The van der Waals surface area contributed by atoms with Crippen LogP contribution in [0.2, 0.25) is 4.34 Å². The van der Waals surface area contributed by atoms with Gasteiger partial charge in [-0.15, -0.1) is 11.3 Å². The molecule has 0 amide bonds. The van der Waals surface area contributed by atoms with Gasteiger partial charge in [0.25, 0.3) is 0 Å². The highest BCUT2D eigenvalue weighted by Crippen LogP contribution is 2.39. The van der Waals surface area contributed by atoms with Crippen molar-refractivity contribution in [3.8, 4) is 0 Å². The number of hydrogen-bond acceptors (Lipinski definition) is 2. The Morgan fingerprint density at radius 2 is 1.95 bits per heavy atom. The van der Waals surface area contributed by atoms with Crippen molar-refractivity contribution in [1.29, 1.82) is 0 Å². The van der Waals surface area contributed by atoms with Crippen LogP contribution in [0.3, 0.4) is 0 Å². The molecule has 5 heteroatoms. The fraction of sp³-hybridized carbons (Fsp3) is 0.333. The number of thiophene rings is 1. The topological polar surface area (TPSA) is 12.0 Å². The maximum Gasteiger partial charge on any atom is 0.126 e. The number of aryl methyl sites for hydroxylation is 1. The summed E-state index contributed by atoms with van der Waals surface area (Å²) in [5.74, 6) is -1.04. The Morgan fingerprint density at radius 3 is 2.70 bits per heavy atom. The summed E-state index contributed by atoms with van der Waals surface area (Å²) in [5, 5.41) is 3.44. The first-order chi connectivity index (χ1) is 9.61. The minimum absolute atomic E-state index is 0.312. The third kappa shape index (κ3) is 3.03. The van der Waals surface area contributed by atoms with Gasteiger partial charge in [0, 0.05) is 17.0 Å². The van der Waals surface area contributed by atoms with Crippen LogP contribution < -0.4 is 5.32 Å². The van der Waals surface area contributed by atoms with Crippen LogP contribution in [-0.4, -0.2) is 6.54 Å². The zero-order valence-electron chi connectivity index (χ0n) is 10.8. The molecular weight excluding hydrogens is 300 g/mol. The molecule has 1 aliphatic rings. The molecule has 3 rings (SSSR count). The molecule has 0 spiro atoms. The Balaban J connectivity index is 1.58. The maximum absolute atomic E-state index is 13.1. The number of rotatable bonds is 4. The highest BCUT2D eigenvalue weighted by molar-refractivity contribution is 7.16. The third-order valence-corrected chi connectivity index (χ3v) is 4.91. The lowest BCUT2D eigenvalue weighted by molar-refractivity contribution is 0.530. The highest BCUT2D eigenvalue weighted by Gasteiger charge is 2.24. The standard InChI is InChI=1S/C15H14ClF2NS/c16-15-8-12-13(1-2-14(12)20-15)19-4-3-9-5-10(17)7-11(18)6-9/h5-8,13,19H,1-4H2. The molecular formula is C15H14ClF2NS. The Morgan fingerprint density at radius 1 is 1.20 bits per heavy atom. The second-order valence-electron chi connectivity index (χ2n) is 5.00. The zero-order chi connectivity index (χ0) is 14.1. The maximum atomic E-state index is 13.1. The second-order valence-corrected chi connectivity index (χ2v) is 6.77. The summed E-state index contributed by atoms with van der Waals surface area (Å²) >= 11 is 7.66. The Bertz CT molecular complexity index is 606. The average molecular weight is 314 g/mol. The zero-order valence-corrected chi connectivity index (χ0v) is 12.3. The van der Waals surface area contributed by atoms with Crippen molar-refractivity contribution in [2.24, 2.45) is 0 Å². The van der Waals surface area contributed by atoms with Gasteiger partial charge in [-0.3, -0.25) is 0 Å². The van der Waals surface area contributed by atoms with Crippen LogP contribution in [0.25, 0.3) is 0 Å². The van der Waals surface area contributed by atoms with Gasteiger partial charge in [-0.2, -0.15) is 0 Å². The average Bonchev–Trinajstić information content (AvgIpc) is 2.88. The van der Waals surface area contributed by atoms with Crippen molar-refractivity contribution in [1.82, 2.24) is 5.32 Å². The highest BCUT2D eigenvalue weighted by atomic mass is 35.5. The fourth-order valence-corrected chi connectivity index (χ4v) is 4.05. The van der Waals surface area contributed by atoms with E-state index in [-0.39, 0.29) is 0 Å². The molecule has 0 fully saturated rings. The molecule has 1 unspecified atom stereocenters. The van der Waals surface area contributed by atoms with Crippen LogP contribution in [0.4, 0.5) is 8.78 Å². The number of fused-ring (bicyclic) bond motifs is 1. The van der Waals surface area contributed by atoms with Crippen molar-refractivity contribution in [2.45, 2.75) is 25.3 Å². The van der Waals surface area contributed by atoms with Gasteiger partial charge in [-0.25, -0.2) is 8.78 Å². The van der Waals surface area contributed by atoms with Crippen molar-refractivity contribution >= 4 is 22.9 Å². The first-order valence-electron chi connectivity index (χ1n) is 6.58. The van der Waals surface area contributed by atoms with Gasteiger partial charge >= 0.3 is 0 Å². The molecule has 0 saturated heterocycles. The second kappa shape index (κ2) is 5.80. The molecule has 2 aromatic rings. The molecule has 1 N–H and O–H groups in total. The van der Waals surface area contributed by atoms with E-state index < -0.39 is 11.6 Å². The van der Waals surface area contributed by atoms with Crippen LogP contribution >= 0.6 is 22.9 Å². The number of nitrogens with one attached hydrogen (secondary N) is 1. The molecule has 1 aliphatic carbocycles. The summed E-state index contributed by atoms with van der Waals surface area (Å²) in [7, 11) is 0. The molecule has 0 aliphatic heterocycles. The van der Waals surface area contributed by atoms with Gasteiger partial charge in [0.1, 0.15) is 11.6 Å². The van der Waals surface area contributed by atoms with E-state index in [4.69, 9.17) is 11.6 Å². The van der Waals surface area contributed by atoms with Crippen molar-refractivity contribution in [3.05, 3.63) is 56.2 Å². The van der Waals surface area contributed by atoms with E-state index in [2.05, 4.69) is 5.32 Å². The minimum atomic E-state index is -0.521. The lowest BCUT2D eigenvalue weighted by Crippen LogP contribution is -2.21. The molecule has 1 nitrogen and oxygen atoms in total. The van der Waals surface area contributed by atoms with Crippen LogP contribution in [0, 0.1) is 11.6 Å². The Hall–Kier alpha value is -0.970. The largest absolute Gasteiger partial charge is 0.310 e. The fourth-order valence-electron chi connectivity index (χ4n) is 2.69. The molecule has 0 radical (unpaired) electrons. The summed E-state index contributed by atoms with van der Waals surface area (Å²) in [4.78, 5) is 1.35. The summed E-state index contributed by atoms with van der Waals surface area (Å²) < 4.78 is 27.0. The smallest absolute Gasteiger partial charge is 0.126 e. The van der Waals surface area contributed by atoms with Crippen LogP contribution in [0.1, 0.15) is 28.5 Å². The minimum Gasteiger partial charge on any atom is -0.310 e. The van der Waals surface area contributed by atoms with Crippen molar-refractivity contribution in [2.75, 3.05) is 6.54 Å². The predicted octanol–water partition coefficient (Wildman–Crippen LogP) is 4.50. The molecule has 1 atom stereocenters. The molecule has 1 heterocycles. The number of benzene rings is 1. The first kappa shape index (κ1) is 14.0. The normalized spacial score (nSPS) is 17.4. The molecule has 106 valence electrons. The van der Waals surface area contributed by atoms with Gasteiger partial charge in [-0.1, -0.05) is 11.6 Å². The van der Waals surface area contributed by atoms with E-state index in [0.29, 0.717) is 24.6 Å². The van der Waals surface area contributed by atoms with E-state index >= 15 is 0 Å². The monoisotopic (exact) mass is 313 g/mol. The van der Waals surface area contributed by atoms with Gasteiger partial charge in [0.15, 0.2) is 0 Å². The summed E-state index contributed by atoms with van der Waals surface area (Å²) in [6.07, 6.45) is 2.73. The summed E-state index contributed by atoms with van der Waals surface area (Å²) in [6.45, 7) is 0.695. The predicted molar refractivity (Wildman–Crippen MR) is 78.5 cm³/mol.